The van der Waals surface area contributed by atoms with Crippen LogP contribution >= 0.6 is 0 Å². The number of methoxy groups -OCH3 is 1. The van der Waals surface area contributed by atoms with E-state index < -0.39 is 17.7 Å². The van der Waals surface area contributed by atoms with Gasteiger partial charge in [0.2, 0.25) is 0 Å². The predicted octanol–water partition coefficient (Wildman–Crippen LogP) is 0.611. The van der Waals surface area contributed by atoms with Crippen molar-refractivity contribution in [3.63, 3.8) is 0 Å². The molecule has 4 atom stereocenters. The monoisotopic (exact) mass is 228 g/mol. The molecule has 1 saturated carbocycles. The number of ether oxygens (including phenoxy) is 4. The van der Waals surface area contributed by atoms with Crippen LogP contribution in [-0.2, 0) is 23.7 Å². The van der Waals surface area contributed by atoms with Crippen LogP contribution in [0.4, 0.5) is 0 Å². The van der Waals surface area contributed by atoms with Gasteiger partial charge in [-0.05, 0) is 20.3 Å². The summed E-state index contributed by atoms with van der Waals surface area (Å²) < 4.78 is 22.4. The highest BCUT2D eigenvalue weighted by molar-refractivity contribution is 5.94. The Balaban J connectivity index is 1.92. The van der Waals surface area contributed by atoms with E-state index in [2.05, 4.69) is 0 Å². The Labute approximate surface area is 94.0 Å². The molecule has 90 valence electrons. The second-order valence-corrected chi connectivity index (χ2v) is 5.06. The molecule has 0 amide bonds. The molecular weight excluding hydrogens is 212 g/mol. The number of carbonyl (C=O) groups excluding carboxylic acids is 1. The minimum absolute atomic E-state index is 0.100. The largest absolute Gasteiger partial charge is 0.353 e. The van der Waals surface area contributed by atoms with Crippen molar-refractivity contribution in [2.75, 3.05) is 7.11 Å². The topological polar surface area (TPSA) is 54.0 Å². The van der Waals surface area contributed by atoms with E-state index in [4.69, 9.17) is 18.9 Å². The van der Waals surface area contributed by atoms with E-state index in [1.165, 1.54) is 0 Å². The first-order valence-corrected chi connectivity index (χ1v) is 5.58. The number of hydrogen-bond acceptors (Lipinski definition) is 5. The molecule has 16 heavy (non-hydrogen) atoms. The summed E-state index contributed by atoms with van der Waals surface area (Å²) in [5, 5.41) is 0. The van der Waals surface area contributed by atoms with Gasteiger partial charge in [0.05, 0.1) is 0 Å². The van der Waals surface area contributed by atoms with Crippen LogP contribution in [0.3, 0.4) is 0 Å². The normalized spacial score (nSPS) is 49.4. The third-order valence-corrected chi connectivity index (χ3v) is 3.61. The lowest BCUT2D eigenvalue weighted by Gasteiger charge is -2.39. The lowest BCUT2D eigenvalue weighted by Crippen LogP contribution is -2.56. The number of fused-ring (bicyclic) bond motifs is 2. The van der Waals surface area contributed by atoms with Gasteiger partial charge in [0.15, 0.2) is 23.5 Å². The van der Waals surface area contributed by atoms with Crippen molar-refractivity contribution < 1.29 is 23.7 Å². The Morgan fingerprint density at radius 1 is 1.31 bits per heavy atom. The lowest BCUT2D eigenvalue weighted by atomic mass is 9.74. The SMILES string of the molecule is COC1O[C@]2(CCC2=O)[C@@H]2OC(C)(C)OC12. The van der Waals surface area contributed by atoms with Gasteiger partial charge in [-0.15, -0.1) is 0 Å². The van der Waals surface area contributed by atoms with E-state index in [-0.39, 0.29) is 18.0 Å². The second kappa shape index (κ2) is 3.04. The fraction of sp³-hybridized carbons (Fsp3) is 0.909. The van der Waals surface area contributed by atoms with Gasteiger partial charge in [-0.25, -0.2) is 0 Å². The molecule has 1 aliphatic carbocycles. The molecule has 0 aromatic rings. The molecule has 5 heteroatoms. The first-order chi connectivity index (χ1) is 7.48. The average molecular weight is 228 g/mol. The highest BCUT2D eigenvalue weighted by Gasteiger charge is 2.69. The molecule has 3 aliphatic rings. The fourth-order valence-corrected chi connectivity index (χ4v) is 2.77. The summed E-state index contributed by atoms with van der Waals surface area (Å²) >= 11 is 0. The second-order valence-electron chi connectivity index (χ2n) is 5.06. The Kier molecular flexibility index (Phi) is 2.02. The zero-order valence-electron chi connectivity index (χ0n) is 9.69. The first kappa shape index (κ1) is 10.7. The fourth-order valence-electron chi connectivity index (χ4n) is 2.77. The quantitative estimate of drug-likeness (QED) is 0.658. The Morgan fingerprint density at radius 2 is 2.06 bits per heavy atom. The number of carbonyl (C=O) groups is 1. The molecule has 3 fully saturated rings. The Morgan fingerprint density at radius 3 is 2.56 bits per heavy atom. The van der Waals surface area contributed by atoms with E-state index in [9.17, 15) is 4.79 Å². The Bertz CT molecular complexity index is 339. The maximum Gasteiger partial charge on any atom is 0.187 e. The van der Waals surface area contributed by atoms with Crippen molar-refractivity contribution in [2.24, 2.45) is 0 Å². The molecule has 2 saturated heterocycles. The summed E-state index contributed by atoms with van der Waals surface area (Å²) in [6.07, 6.45) is 0.129. The van der Waals surface area contributed by atoms with Gasteiger partial charge in [-0.2, -0.15) is 0 Å². The molecule has 2 heterocycles. The summed E-state index contributed by atoms with van der Waals surface area (Å²) in [4.78, 5) is 11.8. The summed E-state index contributed by atoms with van der Waals surface area (Å²) in [6.45, 7) is 3.68. The summed E-state index contributed by atoms with van der Waals surface area (Å²) in [7, 11) is 1.55. The third kappa shape index (κ3) is 1.17. The van der Waals surface area contributed by atoms with Crippen LogP contribution < -0.4 is 0 Å². The zero-order valence-corrected chi connectivity index (χ0v) is 9.69. The number of Topliss-reactive ketones (excluding diaryl/α,β-unsaturated/α-hetero) is 1. The number of ketones is 1. The highest BCUT2D eigenvalue weighted by Crippen LogP contribution is 2.51. The molecule has 0 N–H and O–H groups in total. The van der Waals surface area contributed by atoms with Gasteiger partial charge in [0.1, 0.15) is 12.2 Å². The maximum absolute atomic E-state index is 11.8. The Hall–Kier alpha value is -0.490. The molecule has 5 nitrogen and oxygen atoms in total. The van der Waals surface area contributed by atoms with Gasteiger partial charge in [-0.3, -0.25) is 4.79 Å². The van der Waals surface area contributed by atoms with Crippen LogP contribution in [0.1, 0.15) is 26.7 Å². The van der Waals surface area contributed by atoms with Crippen molar-refractivity contribution in [3.8, 4) is 0 Å². The molecule has 0 bridgehead atoms. The minimum atomic E-state index is -0.806. The van der Waals surface area contributed by atoms with Crippen molar-refractivity contribution in [1.29, 1.82) is 0 Å². The van der Waals surface area contributed by atoms with E-state index in [1.54, 1.807) is 7.11 Å². The maximum atomic E-state index is 11.8. The van der Waals surface area contributed by atoms with Crippen LogP contribution in [-0.4, -0.2) is 42.8 Å². The van der Waals surface area contributed by atoms with Crippen LogP contribution in [0.5, 0.6) is 0 Å². The van der Waals surface area contributed by atoms with Gasteiger partial charge in [0.25, 0.3) is 0 Å². The molecule has 1 spiro atoms. The minimum Gasteiger partial charge on any atom is -0.353 e. The van der Waals surface area contributed by atoms with Gasteiger partial charge < -0.3 is 18.9 Å². The van der Waals surface area contributed by atoms with Gasteiger partial charge in [0, 0.05) is 13.5 Å². The van der Waals surface area contributed by atoms with E-state index in [1.807, 2.05) is 13.8 Å². The van der Waals surface area contributed by atoms with Crippen LogP contribution in [0.2, 0.25) is 0 Å². The predicted molar refractivity (Wildman–Crippen MR) is 52.7 cm³/mol. The standard InChI is InChI=1S/C11H16O5/c1-10(2)14-7-8(15-10)11(5-4-6(11)12)16-9(7)13-3/h7-9H,4-5H2,1-3H3/t7?,8-,9?,11+/m1/s1. The molecule has 0 aromatic carbocycles. The molecule has 2 aliphatic heterocycles. The van der Waals surface area contributed by atoms with Gasteiger partial charge in [-0.1, -0.05) is 0 Å². The lowest BCUT2D eigenvalue weighted by molar-refractivity contribution is -0.254. The molecule has 0 aromatic heterocycles. The van der Waals surface area contributed by atoms with Gasteiger partial charge >= 0.3 is 0 Å². The molecule has 3 rings (SSSR count). The van der Waals surface area contributed by atoms with E-state index in [0.29, 0.717) is 12.8 Å². The van der Waals surface area contributed by atoms with E-state index >= 15 is 0 Å². The third-order valence-electron chi connectivity index (χ3n) is 3.61. The molecule has 2 unspecified atom stereocenters. The van der Waals surface area contributed by atoms with Crippen molar-refractivity contribution in [1.82, 2.24) is 0 Å². The smallest absolute Gasteiger partial charge is 0.187 e. The summed E-state index contributed by atoms with van der Waals surface area (Å²) in [6, 6.07) is 0. The van der Waals surface area contributed by atoms with Crippen LogP contribution in [0.25, 0.3) is 0 Å². The summed E-state index contributed by atoms with van der Waals surface area (Å²) in [5.41, 5.74) is -0.806. The first-order valence-electron chi connectivity index (χ1n) is 5.58. The van der Waals surface area contributed by atoms with Crippen molar-refractivity contribution in [3.05, 3.63) is 0 Å². The summed E-state index contributed by atoms with van der Waals surface area (Å²) in [5.74, 6) is -0.568. The number of hydrogen-bond donors (Lipinski definition) is 0. The molecule has 0 radical (unpaired) electrons. The zero-order chi connectivity index (χ0) is 11.6. The van der Waals surface area contributed by atoms with Crippen LogP contribution in [0, 0.1) is 0 Å². The highest BCUT2D eigenvalue weighted by atomic mass is 16.8. The number of rotatable bonds is 1. The van der Waals surface area contributed by atoms with Crippen molar-refractivity contribution >= 4 is 5.78 Å². The van der Waals surface area contributed by atoms with E-state index in [0.717, 1.165) is 0 Å². The average Bonchev–Trinajstić information content (AvgIpc) is 2.68. The molecular formula is C11H16O5. The van der Waals surface area contributed by atoms with Crippen LogP contribution in [0.15, 0.2) is 0 Å². The van der Waals surface area contributed by atoms with Crippen molar-refractivity contribution in [2.45, 2.75) is 56.6 Å².